The largest absolute Gasteiger partial charge is 0.302 e. The summed E-state index contributed by atoms with van der Waals surface area (Å²) >= 11 is 1.57. The maximum atomic E-state index is 6.12. The minimum absolute atomic E-state index is 0.149. The van der Waals surface area contributed by atoms with Gasteiger partial charge in [0.15, 0.2) is 0 Å². The number of rotatable bonds is 2. The third kappa shape index (κ3) is 1.89. The van der Waals surface area contributed by atoms with Crippen LogP contribution in [0.1, 0.15) is 11.3 Å². The van der Waals surface area contributed by atoms with E-state index in [2.05, 4.69) is 15.2 Å². The Morgan fingerprint density at radius 2 is 2.33 bits per heavy atom. The molecule has 6 heteroatoms. The first-order chi connectivity index (χ1) is 8.75. The van der Waals surface area contributed by atoms with Crippen LogP contribution in [0.2, 0.25) is 0 Å². The first-order valence-electron chi connectivity index (χ1n) is 5.59. The summed E-state index contributed by atoms with van der Waals surface area (Å²) in [6, 6.07) is 5.92. The van der Waals surface area contributed by atoms with Crippen molar-refractivity contribution in [2.24, 2.45) is 5.73 Å². The molecule has 3 heterocycles. The van der Waals surface area contributed by atoms with Crippen molar-refractivity contribution in [1.82, 2.24) is 15.2 Å². The van der Waals surface area contributed by atoms with Gasteiger partial charge in [-0.05, 0) is 24.5 Å². The summed E-state index contributed by atoms with van der Waals surface area (Å²) in [4.78, 5) is 6.54. The quantitative estimate of drug-likeness (QED) is 0.862. The van der Waals surface area contributed by atoms with Gasteiger partial charge in [0.2, 0.25) is 0 Å². The second-order valence-corrected chi connectivity index (χ2v) is 5.01. The number of nitrogens with one attached hydrogen (secondary N) is 1. The van der Waals surface area contributed by atoms with Crippen molar-refractivity contribution in [1.29, 1.82) is 0 Å². The molecule has 0 saturated carbocycles. The van der Waals surface area contributed by atoms with Crippen LogP contribution < -0.4 is 10.6 Å². The van der Waals surface area contributed by atoms with Crippen LogP contribution in [0.4, 0.5) is 5.82 Å². The number of nitrogens with two attached hydrogens (primary N) is 1. The number of anilines is 1. The molecule has 0 aliphatic carbocycles. The highest BCUT2D eigenvalue weighted by Crippen LogP contribution is 2.37. The van der Waals surface area contributed by atoms with Crippen LogP contribution in [0.15, 0.2) is 36.0 Å². The van der Waals surface area contributed by atoms with Gasteiger partial charge in [-0.3, -0.25) is 10.00 Å². The van der Waals surface area contributed by atoms with E-state index in [1.165, 1.54) is 0 Å². The molecule has 2 aromatic heterocycles. The summed E-state index contributed by atoms with van der Waals surface area (Å²) in [5, 5.41) is 8.83. The van der Waals surface area contributed by atoms with E-state index < -0.39 is 0 Å². The minimum Gasteiger partial charge on any atom is -0.302 e. The molecular formula is C12H13N5S. The third-order valence-corrected chi connectivity index (χ3v) is 3.60. The normalized spacial score (nSPS) is 19.1. The van der Waals surface area contributed by atoms with Crippen LogP contribution in [-0.4, -0.2) is 20.7 Å². The molecule has 3 rings (SSSR count). The SMILES string of the molecule is Cc1cccc(N2C(c3cn[nH]c3)=CSC2N)n1. The maximum absolute atomic E-state index is 6.12. The Kier molecular flexibility index (Phi) is 2.81. The molecule has 0 radical (unpaired) electrons. The Labute approximate surface area is 109 Å². The van der Waals surface area contributed by atoms with Crippen molar-refractivity contribution in [2.45, 2.75) is 12.4 Å². The third-order valence-electron chi connectivity index (χ3n) is 2.75. The van der Waals surface area contributed by atoms with Gasteiger partial charge in [-0.25, -0.2) is 4.98 Å². The molecule has 1 aliphatic rings. The van der Waals surface area contributed by atoms with Crippen molar-refractivity contribution in [3.8, 4) is 0 Å². The summed E-state index contributed by atoms with van der Waals surface area (Å²) < 4.78 is 0. The number of pyridine rings is 1. The molecule has 2 aromatic rings. The molecule has 3 N–H and O–H groups in total. The predicted octanol–water partition coefficient (Wildman–Crippen LogP) is 1.91. The van der Waals surface area contributed by atoms with E-state index in [0.717, 1.165) is 22.8 Å². The molecule has 0 amide bonds. The summed E-state index contributed by atoms with van der Waals surface area (Å²) in [5.74, 6) is 0.861. The van der Waals surface area contributed by atoms with E-state index in [4.69, 9.17) is 5.73 Å². The lowest BCUT2D eigenvalue weighted by Crippen LogP contribution is -2.35. The Bertz CT molecular complexity index is 578. The average Bonchev–Trinajstić information content (AvgIpc) is 2.97. The van der Waals surface area contributed by atoms with Gasteiger partial charge in [0.05, 0.1) is 11.9 Å². The van der Waals surface area contributed by atoms with E-state index in [1.807, 2.05) is 41.6 Å². The van der Waals surface area contributed by atoms with Gasteiger partial charge in [0.1, 0.15) is 11.3 Å². The Balaban J connectivity index is 2.01. The predicted molar refractivity (Wildman–Crippen MR) is 73.6 cm³/mol. The van der Waals surface area contributed by atoms with Crippen molar-refractivity contribution in [3.63, 3.8) is 0 Å². The van der Waals surface area contributed by atoms with E-state index >= 15 is 0 Å². The van der Waals surface area contributed by atoms with Gasteiger partial charge < -0.3 is 5.73 Å². The summed E-state index contributed by atoms with van der Waals surface area (Å²) in [7, 11) is 0. The first-order valence-corrected chi connectivity index (χ1v) is 6.53. The number of aromatic amines is 1. The maximum Gasteiger partial charge on any atom is 0.135 e. The van der Waals surface area contributed by atoms with Gasteiger partial charge in [-0.15, -0.1) is 0 Å². The Morgan fingerprint density at radius 1 is 1.44 bits per heavy atom. The smallest absolute Gasteiger partial charge is 0.135 e. The van der Waals surface area contributed by atoms with Crippen molar-refractivity contribution in [2.75, 3.05) is 4.90 Å². The van der Waals surface area contributed by atoms with Crippen molar-refractivity contribution < 1.29 is 0 Å². The second kappa shape index (κ2) is 4.47. The van der Waals surface area contributed by atoms with E-state index in [-0.39, 0.29) is 5.50 Å². The lowest BCUT2D eigenvalue weighted by molar-refractivity contribution is 0.911. The molecular weight excluding hydrogens is 246 g/mol. The highest BCUT2D eigenvalue weighted by Gasteiger charge is 2.27. The molecule has 5 nitrogen and oxygen atoms in total. The van der Waals surface area contributed by atoms with Gasteiger partial charge in [0, 0.05) is 17.5 Å². The zero-order valence-electron chi connectivity index (χ0n) is 9.87. The fraction of sp³-hybridized carbons (Fsp3) is 0.167. The zero-order valence-corrected chi connectivity index (χ0v) is 10.7. The number of thioether (sulfide) groups is 1. The number of nitrogens with zero attached hydrogens (tertiary/aromatic N) is 3. The van der Waals surface area contributed by atoms with Crippen LogP contribution in [0.25, 0.3) is 5.70 Å². The van der Waals surface area contributed by atoms with E-state index in [1.54, 1.807) is 18.0 Å². The number of hydrogen-bond acceptors (Lipinski definition) is 5. The molecule has 0 saturated heterocycles. The van der Waals surface area contributed by atoms with Crippen LogP contribution in [-0.2, 0) is 0 Å². The monoisotopic (exact) mass is 259 g/mol. The number of H-pyrrole nitrogens is 1. The Hall–Kier alpha value is -1.79. The summed E-state index contributed by atoms with van der Waals surface area (Å²) in [6.07, 6.45) is 3.64. The Morgan fingerprint density at radius 3 is 3.06 bits per heavy atom. The molecule has 0 aromatic carbocycles. The second-order valence-electron chi connectivity index (χ2n) is 4.02. The van der Waals surface area contributed by atoms with Crippen molar-refractivity contribution >= 4 is 23.3 Å². The standard InChI is InChI=1S/C12H13N5S/c1-8-3-2-4-11(16-8)17-10(7-18-12(17)13)9-5-14-15-6-9/h2-7,12H,13H2,1H3,(H,14,15). The van der Waals surface area contributed by atoms with Crippen LogP contribution in [0.3, 0.4) is 0 Å². The minimum atomic E-state index is -0.149. The fourth-order valence-electron chi connectivity index (χ4n) is 1.90. The van der Waals surface area contributed by atoms with Gasteiger partial charge in [0.25, 0.3) is 0 Å². The summed E-state index contributed by atoms with van der Waals surface area (Å²) in [6.45, 7) is 1.97. The van der Waals surface area contributed by atoms with Gasteiger partial charge in [-0.1, -0.05) is 17.8 Å². The van der Waals surface area contributed by atoms with Crippen molar-refractivity contribution in [3.05, 3.63) is 47.3 Å². The van der Waals surface area contributed by atoms with E-state index in [9.17, 15) is 0 Å². The molecule has 1 atom stereocenters. The number of hydrogen-bond donors (Lipinski definition) is 2. The summed E-state index contributed by atoms with van der Waals surface area (Å²) in [5.41, 5.74) is 8.99. The lowest BCUT2D eigenvalue weighted by Gasteiger charge is -2.25. The highest BCUT2D eigenvalue weighted by atomic mass is 32.2. The topological polar surface area (TPSA) is 70.8 Å². The highest BCUT2D eigenvalue weighted by molar-refractivity contribution is 8.03. The molecule has 92 valence electrons. The zero-order chi connectivity index (χ0) is 12.5. The van der Waals surface area contributed by atoms with Crippen LogP contribution in [0.5, 0.6) is 0 Å². The molecule has 1 unspecified atom stereocenters. The number of aromatic nitrogens is 3. The van der Waals surface area contributed by atoms with E-state index in [0.29, 0.717) is 0 Å². The molecule has 1 aliphatic heterocycles. The molecule has 0 spiro atoms. The van der Waals surface area contributed by atoms with Gasteiger partial charge in [-0.2, -0.15) is 5.10 Å². The lowest BCUT2D eigenvalue weighted by atomic mass is 10.2. The first kappa shape index (κ1) is 11.3. The van der Waals surface area contributed by atoms with Gasteiger partial charge >= 0.3 is 0 Å². The molecule has 0 fully saturated rings. The number of aryl methyl sites for hydroxylation is 1. The molecule has 0 bridgehead atoms. The molecule has 18 heavy (non-hydrogen) atoms. The van der Waals surface area contributed by atoms with Crippen LogP contribution >= 0.6 is 11.8 Å². The average molecular weight is 259 g/mol. The van der Waals surface area contributed by atoms with Crippen LogP contribution in [0, 0.1) is 6.92 Å². The fourth-order valence-corrected chi connectivity index (χ4v) is 2.76.